The fraction of sp³-hybridized carbons (Fsp3) is 0.417. The van der Waals surface area contributed by atoms with E-state index in [4.69, 9.17) is 0 Å². The molecule has 1 heterocycles. The van der Waals surface area contributed by atoms with Crippen molar-refractivity contribution in [2.24, 2.45) is 5.92 Å². The van der Waals surface area contributed by atoms with Crippen LogP contribution in [0.1, 0.15) is 24.5 Å². The molecule has 0 saturated carbocycles. The highest BCUT2D eigenvalue weighted by atomic mass is 16.3. The second kappa shape index (κ2) is 10.4. The van der Waals surface area contributed by atoms with Gasteiger partial charge in [0.1, 0.15) is 0 Å². The molecule has 3 N–H and O–H groups in total. The summed E-state index contributed by atoms with van der Waals surface area (Å²) in [5.74, 6) is -0.0753. The average molecular weight is 410 g/mol. The van der Waals surface area contributed by atoms with E-state index < -0.39 is 6.10 Å². The molecule has 3 rings (SSSR count). The number of nitrogens with one attached hydrogen (secondary N) is 2. The minimum atomic E-state index is -0.614. The minimum absolute atomic E-state index is 0.100. The highest BCUT2D eigenvalue weighted by Gasteiger charge is 2.22. The molecule has 1 aliphatic heterocycles. The number of hydrogen-bond donors (Lipinski definition) is 3. The van der Waals surface area contributed by atoms with Crippen LogP contribution in [0.5, 0.6) is 0 Å². The zero-order valence-corrected chi connectivity index (χ0v) is 18.0. The van der Waals surface area contributed by atoms with Gasteiger partial charge in [-0.05, 0) is 30.9 Å². The zero-order chi connectivity index (χ0) is 21.5. The van der Waals surface area contributed by atoms with Crippen molar-refractivity contribution in [2.45, 2.75) is 32.4 Å². The van der Waals surface area contributed by atoms with Gasteiger partial charge in [-0.25, -0.2) is 0 Å². The van der Waals surface area contributed by atoms with Crippen molar-refractivity contribution in [1.82, 2.24) is 15.6 Å². The Morgan fingerprint density at radius 1 is 1.33 bits per heavy atom. The average Bonchev–Trinajstić information content (AvgIpc) is 2.75. The normalized spacial score (nSPS) is 20.2. The smallest absolute Gasteiger partial charge is 0.248 e. The quantitative estimate of drug-likeness (QED) is 0.265. The summed E-state index contributed by atoms with van der Waals surface area (Å²) < 4.78 is 1.60. The summed E-state index contributed by atoms with van der Waals surface area (Å²) in [5.41, 5.74) is 7.32. The Labute approximate surface area is 179 Å². The number of aliphatic hydroxyl groups excluding tert-OH is 1. The van der Waals surface area contributed by atoms with E-state index in [1.54, 1.807) is 18.7 Å². The number of hydrogen-bond acceptors (Lipinski definition) is 4. The molecule has 2 aliphatic rings. The van der Waals surface area contributed by atoms with Gasteiger partial charge >= 0.3 is 0 Å². The largest absolute Gasteiger partial charge is 0.390 e. The molecule has 6 heteroatoms. The van der Waals surface area contributed by atoms with Crippen LogP contribution in [0.2, 0.25) is 0 Å². The van der Waals surface area contributed by atoms with Crippen molar-refractivity contribution in [2.75, 3.05) is 26.7 Å². The number of benzene rings is 1. The summed E-state index contributed by atoms with van der Waals surface area (Å²) in [4.78, 5) is 15.0. The summed E-state index contributed by atoms with van der Waals surface area (Å²) in [7, 11) is 1.80. The molecule has 160 valence electrons. The maximum atomic E-state index is 12.8. The summed E-state index contributed by atoms with van der Waals surface area (Å²) in [6.45, 7) is 8.17. The Morgan fingerprint density at radius 3 is 2.80 bits per heavy atom. The predicted molar refractivity (Wildman–Crippen MR) is 120 cm³/mol. The van der Waals surface area contributed by atoms with Crippen LogP contribution < -0.4 is 10.7 Å². The fourth-order valence-corrected chi connectivity index (χ4v) is 3.98. The second-order valence-corrected chi connectivity index (χ2v) is 8.12. The number of hydrazine groups is 1. The number of carbonyl (C=O) groups is 1. The van der Waals surface area contributed by atoms with Crippen LogP contribution in [-0.4, -0.2) is 60.1 Å². The van der Waals surface area contributed by atoms with Crippen LogP contribution in [-0.2, 0) is 17.8 Å². The van der Waals surface area contributed by atoms with Gasteiger partial charge in [0.2, 0.25) is 5.91 Å². The lowest BCUT2D eigenvalue weighted by Crippen LogP contribution is -2.42. The first-order valence-corrected chi connectivity index (χ1v) is 10.5. The van der Waals surface area contributed by atoms with Crippen molar-refractivity contribution in [1.29, 1.82) is 0 Å². The van der Waals surface area contributed by atoms with Crippen LogP contribution in [0.3, 0.4) is 0 Å². The van der Waals surface area contributed by atoms with Gasteiger partial charge in [-0.15, -0.1) is 4.68 Å². The van der Waals surface area contributed by atoms with Gasteiger partial charge in [-0.2, -0.15) is 5.43 Å². The van der Waals surface area contributed by atoms with Crippen molar-refractivity contribution in [3.8, 4) is 0 Å². The third-order valence-corrected chi connectivity index (χ3v) is 5.58. The van der Waals surface area contributed by atoms with E-state index in [1.165, 1.54) is 11.1 Å². The van der Waals surface area contributed by atoms with Crippen LogP contribution in [0, 0.1) is 5.92 Å². The number of amides is 1. The SMILES string of the molecule is C=[N+](C)N/C(=C(\C)C(=O)NCC(O)CN1CCc2ccccc2C1)C1C=CC=CC1. The number of rotatable bonds is 8. The number of hydrazone groups is 1. The molecule has 0 bridgehead atoms. The Bertz CT molecular complexity index is 872. The van der Waals surface area contributed by atoms with Crippen molar-refractivity contribution in [3.63, 3.8) is 0 Å². The van der Waals surface area contributed by atoms with Crippen LogP contribution in [0.15, 0.2) is 59.8 Å². The molecule has 2 unspecified atom stereocenters. The van der Waals surface area contributed by atoms with E-state index in [0.717, 1.165) is 31.6 Å². The first-order chi connectivity index (χ1) is 14.4. The molecule has 1 amide bonds. The molecular weight excluding hydrogens is 376 g/mol. The topological polar surface area (TPSA) is 67.6 Å². The number of nitrogens with zero attached hydrogens (tertiary/aromatic N) is 2. The van der Waals surface area contributed by atoms with Gasteiger partial charge in [0.15, 0.2) is 13.8 Å². The van der Waals surface area contributed by atoms with Crippen molar-refractivity contribution < 1.29 is 14.6 Å². The maximum Gasteiger partial charge on any atom is 0.248 e. The van der Waals surface area contributed by atoms with Crippen LogP contribution in [0.25, 0.3) is 0 Å². The molecule has 30 heavy (non-hydrogen) atoms. The second-order valence-electron chi connectivity index (χ2n) is 8.12. The van der Waals surface area contributed by atoms with Gasteiger partial charge in [0.25, 0.3) is 0 Å². The standard InChI is InChI=1S/C24H32N4O2/c1-18(23(26-27(2)3)20-10-5-4-6-11-20)24(30)25-15-22(29)17-28-14-13-19-9-7-8-12-21(19)16-28/h4-10,12,20,22,29H,2,11,13-17H2,1,3H3,(H-,25,26,30)/p+1. The fourth-order valence-electron chi connectivity index (χ4n) is 3.98. The Hall–Kier alpha value is -2.70. The molecule has 1 aromatic carbocycles. The lowest BCUT2D eigenvalue weighted by Gasteiger charge is -2.30. The molecule has 2 atom stereocenters. The van der Waals surface area contributed by atoms with Gasteiger partial charge in [0.05, 0.1) is 11.8 Å². The highest BCUT2D eigenvalue weighted by molar-refractivity contribution is 5.93. The molecular formula is C24H33N4O2+. The molecule has 0 spiro atoms. The number of aliphatic hydroxyl groups is 1. The third-order valence-electron chi connectivity index (χ3n) is 5.58. The van der Waals surface area contributed by atoms with Crippen LogP contribution >= 0.6 is 0 Å². The van der Waals surface area contributed by atoms with E-state index in [0.29, 0.717) is 12.1 Å². The Balaban J connectivity index is 1.55. The molecule has 6 nitrogen and oxygen atoms in total. The van der Waals surface area contributed by atoms with Gasteiger partial charge in [-0.3, -0.25) is 9.69 Å². The minimum Gasteiger partial charge on any atom is -0.390 e. The summed E-state index contributed by atoms with van der Waals surface area (Å²) in [6, 6.07) is 8.45. The van der Waals surface area contributed by atoms with E-state index in [9.17, 15) is 9.90 Å². The van der Waals surface area contributed by atoms with E-state index in [1.807, 2.05) is 12.2 Å². The number of β-amino-alcohol motifs (C(OH)–C–C–N with tert-alkyl or cyclic N) is 1. The number of allylic oxidation sites excluding steroid dienone is 4. The van der Waals surface area contributed by atoms with Gasteiger partial charge in [-0.1, -0.05) is 48.6 Å². The van der Waals surface area contributed by atoms with Crippen LogP contribution in [0.4, 0.5) is 0 Å². The monoisotopic (exact) mass is 409 g/mol. The third kappa shape index (κ3) is 5.90. The lowest BCUT2D eigenvalue weighted by molar-refractivity contribution is -0.544. The summed E-state index contributed by atoms with van der Waals surface area (Å²) in [5, 5.41) is 13.4. The van der Waals surface area contributed by atoms with E-state index in [2.05, 4.69) is 58.8 Å². The van der Waals surface area contributed by atoms with E-state index >= 15 is 0 Å². The number of fused-ring (bicyclic) bond motifs is 1. The maximum absolute atomic E-state index is 12.8. The summed E-state index contributed by atoms with van der Waals surface area (Å²) in [6.07, 6.45) is 9.37. The number of carbonyl (C=O) groups excluding carboxylic acids is 1. The lowest BCUT2D eigenvalue weighted by atomic mass is 9.94. The van der Waals surface area contributed by atoms with E-state index in [-0.39, 0.29) is 18.4 Å². The molecule has 0 saturated heterocycles. The molecule has 0 radical (unpaired) electrons. The van der Waals surface area contributed by atoms with Gasteiger partial charge in [0, 0.05) is 37.7 Å². The Kier molecular flexibility index (Phi) is 7.60. The molecule has 0 aromatic heterocycles. The zero-order valence-electron chi connectivity index (χ0n) is 18.0. The Morgan fingerprint density at radius 2 is 2.10 bits per heavy atom. The molecule has 1 aromatic rings. The van der Waals surface area contributed by atoms with Crippen molar-refractivity contribution in [3.05, 3.63) is 71.0 Å². The molecule has 1 aliphatic carbocycles. The van der Waals surface area contributed by atoms with Gasteiger partial charge < -0.3 is 10.4 Å². The summed E-state index contributed by atoms with van der Waals surface area (Å²) >= 11 is 0. The molecule has 0 fully saturated rings. The van der Waals surface area contributed by atoms with Crippen molar-refractivity contribution >= 4 is 12.6 Å². The first kappa shape index (κ1) is 22.0. The first-order valence-electron chi connectivity index (χ1n) is 10.5. The predicted octanol–water partition coefficient (Wildman–Crippen LogP) is 1.78. The highest BCUT2D eigenvalue weighted by Crippen LogP contribution is 2.22.